The third-order valence-corrected chi connectivity index (χ3v) is 5.33. The highest BCUT2D eigenvalue weighted by molar-refractivity contribution is 7.09. The highest BCUT2D eigenvalue weighted by atomic mass is 32.1. The molecule has 6 heteroatoms. The molecule has 2 aliphatic rings. The SMILES string of the molecule is CCOC(=O)N1CCCC(C(=O)N(Cc2cccs2)C2CC2)C1. The first-order valence-electron chi connectivity index (χ1n) is 8.43. The molecule has 0 spiro atoms. The number of thiophene rings is 1. The molecule has 1 saturated carbocycles. The first-order valence-corrected chi connectivity index (χ1v) is 9.31. The molecule has 0 N–H and O–H groups in total. The predicted octanol–water partition coefficient (Wildman–Crippen LogP) is 3.11. The molecule has 1 aromatic heterocycles. The average molecular weight is 336 g/mol. The number of amides is 2. The fraction of sp³-hybridized carbons (Fsp3) is 0.647. The van der Waals surface area contributed by atoms with Gasteiger partial charge < -0.3 is 14.5 Å². The summed E-state index contributed by atoms with van der Waals surface area (Å²) in [5.74, 6) is 0.114. The third-order valence-electron chi connectivity index (χ3n) is 4.47. The molecule has 23 heavy (non-hydrogen) atoms. The largest absolute Gasteiger partial charge is 0.450 e. The van der Waals surface area contributed by atoms with Crippen molar-refractivity contribution in [1.82, 2.24) is 9.80 Å². The Balaban J connectivity index is 1.63. The van der Waals surface area contributed by atoms with Crippen LogP contribution >= 0.6 is 11.3 Å². The Bertz CT molecular complexity index is 542. The Hall–Kier alpha value is -1.56. The van der Waals surface area contributed by atoms with Crippen LogP contribution in [0.5, 0.6) is 0 Å². The van der Waals surface area contributed by atoms with E-state index in [1.165, 1.54) is 4.88 Å². The molecule has 1 aromatic rings. The van der Waals surface area contributed by atoms with Crippen LogP contribution in [0.4, 0.5) is 4.79 Å². The quantitative estimate of drug-likeness (QED) is 0.830. The van der Waals surface area contributed by atoms with Gasteiger partial charge in [-0.2, -0.15) is 0 Å². The monoisotopic (exact) mass is 336 g/mol. The van der Waals surface area contributed by atoms with Crippen LogP contribution in [0.25, 0.3) is 0 Å². The molecule has 1 aliphatic carbocycles. The Morgan fingerprint density at radius 1 is 1.39 bits per heavy atom. The second-order valence-electron chi connectivity index (χ2n) is 6.26. The number of carbonyl (C=O) groups is 2. The van der Waals surface area contributed by atoms with E-state index < -0.39 is 0 Å². The first-order chi connectivity index (χ1) is 11.2. The van der Waals surface area contributed by atoms with Gasteiger partial charge in [0.1, 0.15) is 0 Å². The Labute approximate surface area is 141 Å². The van der Waals surface area contributed by atoms with Gasteiger partial charge in [-0.25, -0.2) is 4.79 Å². The molecular weight excluding hydrogens is 312 g/mol. The number of carbonyl (C=O) groups excluding carboxylic acids is 2. The van der Waals surface area contributed by atoms with Crippen LogP contribution in [0.15, 0.2) is 17.5 Å². The van der Waals surface area contributed by atoms with E-state index in [9.17, 15) is 9.59 Å². The zero-order chi connectivity index (χ0) is 16.2. The fourth-order valence-corrected chi connectivity index (χ4v) is 3.84. The first kappa shape index (κ1) is 16.3. The minimum absolute atomic E-state index is 0.0891. The van der Waals surface area contributed by atoms with Gasteiger partial charge in [0.25, 0.3) is 0 Å². The maximum Gasteiger partial charge on any atom is 0.409 e. The van der Waals surface area contributed by atoms with Gasteiger partial charge in [0.2, 0.25) is 5.91 Å². The Kier molecular flexibility index (Phi) is 5.20. The lowest BCUT2D eigenvalue weighted by molar-refractivity contribution is -0.138. The highest BCUT2D eigenvalue weighted by Gasteiger charge is 2.38. The smallest absolute Gasteiger partial charge is 0.409 e. The predicted molar refractivity (Wildman–Crippen MR) is 89.2 cm³/mol. The van der Waals surface area contributed by atoms with Gasteiger partial charge in [0.05, 0.1) is 19.1 Å². The number of hydrogen-bond donors (Lipinski definition) is 0. The molecule has 1 atom stereocenters. The summed E-state index contributed by atoms with van der Waals surface area (Å²) in [7, 11) is 0. The van der Waals surface area contributed by atoms with E-state index in [0.717, 1.165) is 25.7 Å². The number of rotatable bonds is 5. The molecular formula is C17H24N2O3S. The van der Waals surface area contributed by atoms with Gasteiger partial charge in [-0.1, -0.05) is 6.07 Å². The highest BCUT2D eigenvalue weighted by Crippen LogP contribution is 2.32. The van der Waals surface area contributed by atoms with E-state index in [1.807, 2.05) is 16.3 Å². The lowest BCUT2D eigenvalue weighted by Crippen LogP contribution is -2.47. The summed E-state index contributed by atoms with van der Waals surface area (Å²) >= 11 is 1.69. The summed E-state index contributed by atoms with van der Waals surface area (Å²) in [6.07, 6.45) is 3.65. The van der Waals surface area contributed by atoms with E-state index in [1.54, 1.807) is 23.2 Å². The number of piperidine rings is 1. The van der Waals surface area contributed by atoms with Gasteiger partial charge >= 0.3 is 6.09 Å². The van der Waals surface area contributed by atoms with E-state index in [-0.39, 0.29) is 17.9 Å². The Morgan fingerprint density at radius 2 is 2.22 bits per heavy atom. The van der Waals surface area contributed by atoms with Gasteiger partial charge in [-0.05, 0) is 44.1 Å². The van der Waals surface area contributed by atoms with Crippen molar-refractivity contribution in [3.05, 3.63) is 22.4 Å². The molecule has 3 rings (SSSR count). The molecule has 2 heterocycles. The molecule has 1 saturated heterocycles. The summed E-state index contributed by atoms with van der Waals surface area (Å²) in [6.45, 7) is 4.07. The summed E-state index contributed by atoms with van der Waals surface area (Å²) < 4.78 is 5.08. The van der Waals surface area contributed by atoms with Crippen molar-refractivity contribution in [2.75, 3.05) is 19.7 Å². The van der Waals surface area contributed by atoms with Crippen molar-refractivity contribution >= 4 is 23.3 Å². The summed E-state index contributed by atoms with van der Waals surface area (Å²) in [4.78, 5) is 29.8. The molecule has 2 amide bonds. The van der Waals surface area contributed by atoms with Crippen LogP contribution in [0.3, 0.4) is 0 Å². The summed E-state index contributed by atoms with van der Waals surface area (Å²) in [5.41, 5.74) is 0. The second kappa shape index (κ2) is 7.34. The summed E-state index contributed by atoms with van der Waals surface area (Å²) in [6, 6.07) is 4.50. The topological polar surface area (TPSA) is 49.9 Å². The third kappa shape index (κ3) is 4.05. The van der Waals surface area contributed by atoms with E-state index in [2.05, 4.69) is 6.07 Å². The lowest BCUT2D eigenvalue weighted by atomic mass is 9.96. The second-order valence-corrected chi connectivity index (χ2v) is 7.29. The van der Waals surface area contributed by atoms with Crippen LogP contribution in [0, 0.1) is 5.92 Å². The number of nitrogens with zero attached hydrogens (tertiary/aromatic N) is 2. The van der Waals surface area contributed by atoms with Gasteiger partial charge in [0, 0.05) is 24.0 Å². The molecule has 0 radical (unpaired) electrons. The maximum atomic E-state index is 13.0. The van der Waals surface area contributed by atoms with Crippen molar-refractivity contribution in [2.24, 2.45) is 5.92 Å². The van der Waals surface area contributed by atoms with Crippen LogP contribution < -0.4 is 0 Å². The van der Waals surface area contributed by atoms with Crippen LogP contribution in [0.2, 0.25) is 0 Å². The van der Waals surface area contributed by atoms with Crippen LogP contribution in [-0.2, 0) is 16.1 Å². The molecule has 2 fully saturated rings. The molecule has 1 aliphatic heterocycles. The standard InChI is InChI=1S/C17H24N2O3S/c1-2-22-17(21)18-9-3-5-13(11-18)16(20)19(14-7-8-14)12-15-6-4-10-23-15/h4,6,10,13-14H,2-3,5,7-9,11-12H2,1H3. The van der Waals surface area contributed by atoms with Crippen molar-refractivity contribution in [3.8, 4) is 0 Å². The molecule has 1 unspecified atom stereocenters. The minimum atomic E-state index is -0.291. The van der Waals surface area contributed by atoms with Crippen LogP contribution in [0.1, 0.15) is 37.5 Å². The molecule has 0 aromatic carbocycles. The number of hydrogen-bond acceptors (Lipinski definition) is 4. The lowest BCUT2D eigenvalue weighted by Gasteiger charge is -2.34. The van der Waals surface area contributed by atoms with E-state index in [4.69, 9.17) is 4.74 Å². The molecule has 0 bridgehead atoms. The van der Waals surface area contributed by atoms with Gasteiger partial charge in [0.15, 0.2) is 0 Å². The van der Waals surface area contributed by atoms with E-state index in [0.29, 0.717) is 32.3 Å². The van der Waals surface area contributed by atoms with Crippen LogP contribution in [-0.4, -0.2) is 47.5 Å². The van der Waals surface area contributed by atoms with Crippen molar-refractivity contribution < 1.29 is 14.3 Å². The zero-order valence-corrected chi connectivity index (χ0v) is 14.4. The maximum absolute atomic E-state index is 13.0. The van der Waals surface area contributed by atoms with Crippen molar-refractivity contribution in [2.45, 2.75) is 45.2 Å². The van der Waals surface area contributed by atoms with Gasteiger partial charge in [-0.15, -0.1) is 11.3 Å². The minimum Gasteiger partial charge on any atom is -0.450 e. The van der Waals surface area contributed by atoms with Crippen molar-refractivity contribution in [1.29, 1.82) is 0 Å². The van der Waals surface area contributed by atoms with Crippen molar-refractivity contribution in [3.63, 3.8) is 0 Å². The average Bonchev–Trinajstić information content (AvgIpc) is 3.28. The molecule has 126 valence electrons. The summed E-state index contributed by atoms with van der Waals surface area (Å²) in [5, 5.41) is 2.05. The Morgan fingerprint density at radius 3 is 2.87 bits per heavy atom. The zero-order valence-electron chi connectivity index (χ0n) is 13.6. The number of likely N-dealkylation sites (tertiary alicyclic amines) is 1. The van der Waals surface area contributed by atoms with E-state index >= 15 is 0 Å². The normalized spacial score (nSPS) is 21.1. The number of ether oxygens (including phenoxy) is 1. The molecule has 5 nitrogen and oxygen atoms in total. The fourth-order valence-electron chi connectivity index (χ4n) is 3.14. The van der Waals surface area contributed by atoms with Gasteiger partial charge in [-0.3, -0.25) is 4.79 Å².